The zero-order valence-electron chi connectivity index (χ0n) is 12.6. The molecular formula is C14H25N3O2S. The van der Waals surface area contributed by atoms with E-state index in [2.05, 4.69) is 24.2 Å². The van der Waals surface area contributed by atoms with Crippen LogP contribution in [0, 0.1) is 0 Å². The van der Waals surface area contributed by atoms with E-state index in [1.807, 2.05) is 0 Å². The van der Waals surface area contributed by atoms with Gasteiger partial charge in [0.25, 0.3) is 0 Å². The number of likely N-dealkylation sites (N-methyl/N-ethyl adjacent to an activating group) is 1. The summed E-state index contributed by atoms with van der Waals surface area (Å²) in [4.78, 5) is 8.30. The zero-order valence-corrected chi connectivity index (χ0v) is 13.5. The van der Waals surface area contributed by atoms with Crippen LogP contribution in [0.25, 0.3) is 0 Å². The molecule has 1 aliphatic heterocycles. The first-order chi connectivity index (χ1) is 9.74. The fourth-order valence-corrected chi connectivity index (χ4v) is 3.31. The number of morpholine rings is 1. The number of methoxy groups -OCH3 is 1. The van der Waals surface area contributed by atoms with Gasteiger partial charge in [0.1, 0.15) is 11.1 Å². The van der Waals surface area contributed by atoms with Crippen LogP contribution in [0.3, 0.4) is 0 Å². The van der Waals surface area contributed by atoms with Gasteiger partial charge < -0.3 is 19.7 Å². The lowest BCUT2D eigenvalue weighted by molar-refractivity contribution is -0.0211. The smallest absolute Gasteiger partial charge is 0.124 e. The monoisotopic (exact) mass is 299 g/mol. The van der Waals surface area contributed by atoms with Gasteiger partial charge in [-0.05, 0) is 20.0 Å². The summed E-state index contributed by atoms with van der Waals surface area (Å²) in [5.74, 6) is 0. The highest BCUT2D eigenvalue weighted by molar-refractivity contribution is 7.11. The molecule has 20 heavy (non-hydrogen) atoms. The highest BCUT2D eigenvalue weighted by Gasteiger charge is 2.24. The van der Waals surface area contributed by atoms with E-state index in [0.717, 1.165) is 49.9 Å². The molecule has 1 fully saturated rings. The van der Waals surface area contributed by atoms with Gasteiger partial charge in [0.15, 0.2) is 0 Å². The minimum absolute atomic E-state index is 0.106. The molecule has 0 aliphatic carbocycles. The van der Waals surface area contributed by atoms with Crippen molar-refractivity contribution in [2.24, 2.45) is 0 Å². The minimum atomic E-state index is 0.106. The normalized spacial score (nSPS) is 20.4. The molecule has 0 radical (unpaired) electrons. The lowest BCUT2D eigenvalue weighted by atomic mass is 10.3. The molecule has 1 saturated heterocycles. The van der Waals surface area contributed by atoms with Crippen LogP contribution in [0.15, 0.2) is 0 Å². The van der Waals surface area contributed by atoms with Gasteiger partial charge in [0.05, 0.1) is 18.9 Å². The van der Waals surface area contributed by atoms with E-state index in [0.29, 0.717) is 6.61 Å². The van der Waals surface area contributed by atoms with Gasteiger partial charge in [-0.15, -0.1) is 11.3 Å². The number of nitrogens with one attached hydrogen (secondary N) is 1. The van der Waals surface area contributed by atoms with Crippen molar-refractivity contribution >= 4 is 11.3 Å². The van der Waals surface area contributed by atoms with E-state index in [-0.39, 0.29) is 6.10 Å². The summed E-state index contributed by atoms with van der Waals surface area (Å²) < 4.78 is 11.1. The average Bonchev–Trinajstić information content (AvgIpc) is 2.83. The third-order valence-corrected chi connectivity index (χ3v) is 4.52. The zero-order chi connectivity index (χ0) is 14.4. The Labute approximate surface area is 125 Å². The maximum Gasteiger partial charge on any atom is 0.124 e. The summed E-state index contributed by atoms with van der Waals surface area (Å²) in [5.41, 5.74) is 1.05. The van der Waals surface area contributed by atoms with Crippen molar-refractivity contribution in [2.45, 2.75) is 32.6 Å². The fraction of sp³-hybridized carbons (Fsp3) is 0.786. The first kappa shape index (κ1) is 15.9. The molecule has 1 aromatic rings. The molecule has 0 amide bonds. The molecule has 5 nitrogen and oxygen atoms in total. The van der Waals surface area contributed by atoms with E-state index in [9.17, 15) is 0 Å². The van der Waals surface area contributed by atoms with Crippen molar-refractivity contribution in [1.82, 2.24) is 15.2 Å². The molecule has 114 valence electrons. The van der Waals surface area contributed by atoms with E-state index < -0.39 is 0 Å². The highest BCUT2D eigenvalue weighted by atomic mass is 32.1. The van der Waals surface area contributed by atoms with Gasteiger partial charge in [-0.2, -0.15) is 0 Å². The molecule has 1 atom stereocenters. The van der Waals surface area contributed by atoms with Gasteiger partial charge in [0.2, 0.25) is 0 Å². The number of thiazole rings is 1. The van der Waals surface area contributed by atoms with Crippen LogP contribution >= 0.6 is 11.3 Å². The number of aromatic nitrogens is 1. The van der Waals surface area contributed by atoms with E-state index >= 15 is 0 Å². The second-order valence-electron chi connectivity index (χ2n) is 5.15. The Balaban J connectivity index is 2.06. The molecule has 0 spiro atoms. The standard InChI is InChI=1S/C14H25N3O2S/c1-4-5-15-8-13-11(10-18-3)16-14(20-13)12-9-17(2)6-7-19-12/h12,15H,4-10H2,1-3H3. The first-order valence-corrected chi connectivity index (χ1v) is 8.04. The summed E-state index contributed by atoms with van der Waals surface area (Å²) in [6, 6.07) is 0. The van der Waals surface area contributed by atoms with Crippen molar-refractivity contribution in [3.8, 4) is 0 Å². The molecule has 2 rings (SSSR count). The number of hydrogen-bond acceptors (Lipinski definition) is 6. The summed E-state index contributed by atoms with van der Waals surface area (Å²) in [7, 11) is 3.84. The van der Waals surface area contributed by atoms with Crippen LogP contribution in [-0.2, 0) is 22.6 Å². The Morgan fingerprint density at radius 3 is 3.10 bits per heavy atom. The molecule has 0 bridgehead atoms. The second kappa shape index (κ2) is 8.05. The second-order valence-corrected chi connectivity index (χ2v) is 6.27. The summed E-state index contributed by atoms with van der Waals surface area (Å²) in [6.45, 7) is 7.34. The maximum absolute atomic E-state index is 5.85. The Kier molecular flexibility index (Phi) is 6.38. The number of ether oxygens (including phenoxy) is 2. The number of rotatable bonds is 7. The molecule has 1 unspecified atom stereocenters. The molecule has 0 saturated carbocycles. The van der Waals surface area contributed by atoms with Crippen LogP contribution < -0.4 is 5.32 Å². The summed E-state index contributed by atoms with van der Waals surface area (Å²) in [6.07, 6.45) is 1.25. The Morgan fingerprint density at radius 2 is 2.40 bits per heavy atom. The third-order valence-electron chi connectivity index (χ3n) is 3.33. The van der Waals surface area contributed by atoms with E-state index in [4.69, 9.17) is 14.5 Å². The highest BCUT2D eigenvalue weighted by Crippen LogP contribution is 2.28. The van der Waals surface area contributed by atoms with Gasteiger partial charge in [-0.25, -0.2) is 4.98 Å². The van der Waals surface area contributed by atoms with Crippen LogP contribution in [0.1, 0.15) is 35.0 Å². The summed E-state index contributed by atoms with van der Waals surface area (Å²) in [5, 5.41) is 4.52. The fourth-order valence-electron chi connectivity index (χ4n) is 2.23. The van der Waals surface area contributed by atoms with Gasteiger partial charge in [-0.1, -0.05) is 6.92 Å². The lowest BCUT2D eigenvalue weighted by Gasteiger charge is -2.28. The predicted molar refractivity (Wildman–Crippen MR) is 81.0 cm³/mol. The average molecular weight is 299 g/mol. The van der Waals surface area contributed by atoms with Crippen LogP contribution in [0.4, 0.5) is 0 Å². The van der Waals surface area contributed by atoms with Crippen LogP contribution in [0.2, 0.25) is 0 Å². The number of hydrogen-bond donors (Lipinski definition) is 1. The van der Waals surface area contributed by atoms with Crippen LogP contribution in [-0.4, -0.2) is 50.3 Å². The SMILES string of the molecule is CCCNCc1sc(C2CN(C)CCO2)nc1COC. The maximum atomic E-state index is 5.85. The van der Waals surface area contributed by atoms with Crippen molar-refractivity contribution in [3.63, 3.8) is 0 Å². The Morgan fingerprint density at radius 1 is 1.55 bits per heavy atom. The van der Waals surface area contributed by atoms with Crippen molar-refractivity contribution < 1.29 is 9.47 Å². The largest absolute Gasteiger partial charge is 0.378 e. The quantitative estimate of drug-likeness (QED) is 0.778. The number of nitrogens with zero attached hydrogens (tertiary/aromatic N) is 2. The van der Waals surface area contributed by atoms with E-state index in [1.54, 1.807) is 18.4 Å². The molecule has 1 aliphatic rings. The van der Waals surface area contributed by atoms with Gasteiger partial charge in [-0.3, -0.25) is 0 Å². The Hall–Kier alpha value is -0.530. The predicted octanol–water partition coefficient (Wildman–Crippen LogP) is 1.79. The first-order valence-electron chi connectivity index (χ1n) is 7.22. The van der Waals surface area contributed by atoms with Gasteiger partial charge >= 0.3 is 0 Å². The topological polar surface area (TPSA) is 46.6 Å². The Bertz CT molecular complexity index is 411. The molecule has 1 aromatic heterocycles. The molecule has 6 heteroatoms. The molecule has 1 N–H and O–H groups in total. The van der Waals surface area contributed by atoms with E-state index in [1.165, 1.54) is 4.88 Å². The lowest BCUT2D eigenvalue weighted by Crippen LogP contribution is -2.35. The van der Waals surface area contributed by atoms with Crippen molar-refractivity contribution in [3.05, 3.63) is 15.6 Å². The van der Waals surface area contributed by atoms with Gasteiger partial charge in [0, 0.05) is 31.6 Å². The van der Waals surface area contributed by atoms with Crippen molar-refractivity contribution in [2.75, 3.05) is 40.4 Å². The molecule has 0 aromatic carbocycles. The molecule has 2 heterocycles. The third kappa shape index (κ3) is 4.23. The minimum Gasteiger partial charge on any atom is -0.378 e. The van der Waals surface area contributed by atoms with Crippen LogP contribution in [0.5, 0.6) is 0 Å². The molecular weight excluding hydrogens is 274 g/mol. The van der Waals surface area contributed by atoms with Crippen molar-refractivity contribution in [1.29, 1.82) is 0 Å². The summed E-state index contributed by atoms with van der Waals surface area (Å²) >= 11 is 1.75.